The summed E-state index contributed by atoms with van der Waals surface area (Å²) in [5, 5.41) is 4.06. The molecule has 0 unspecified atom stereocenters. The number of benzene rings is 1. The van der Waals surface area contributed by atoms with E-state index >= 15 is 0 Å². The van der Waals surface area contributed by atoms with Gasteiger partial charge in [0.1, 0.15) is 5.03 Å². The number of carbonyl (C=O) groups is 1. The number of piperidine rings is 1. The Kier molecular flexibility index (Phi) is 8.15. The quantitative estimate of drug-likeness (QED) is 0.632. The van der Waals surface area contributed by atoms with Crippen molar-refractivity contribution in [3.8, 4) is 0 Å². The SMILES string of the molecule is O=C(NCCCN1CCOCC1)C1CCN(c2nccnc2Sc2ccccc2)CC1. The van der Waals surface area contributed by atoms with Crippen LogP contribution in [0, 0.1) is 5.92 Å². The second kappa shape index (κ2) is 11.5. The molecule has 0 saturated carbocycles. The summed E-state index contributed by atoms with van der Waals surface area (Å²) in [5.41, 5.74) is 0. The number of nitrogens with zero attached hydrogens (tertiary/aromatic N) is 4. The van der Waals surface area contributed by atoms with Crippen molar-refractivity contribution in [1.82, 2.24) is 20.2 Å². The van der Waals surface area contributed by atoms with E-state index in [-0.39, 0.29) is 11.8 Å². The molecule has 4 rings (SSSR count). The molecule has 2 fully saturated rings. The number of anilines is 1. The average molecular weight is 442 g/mol. The average Bonchev–Trinajstić information content (AvgIpc) is 2.83. The molecule has 0 bridgehead atoms. The van der Waals surface area contributed by atoms with Crippen molar-refractivity contribution in [3.05, 3.63) is 42.7 Å². The van der Waals surface area contributed by atoms with E-state index in [0.29, 0.717) is 0 Å². The first-order valence-corrected chi connectivity index (χ1v) is 12.0. The fourth-order valence-electron chi connectivity index (χ4n) is 4.04. The number of rotatable bonds is 8. The first-order chi connectivity index (χ1) is 15.3. The molecule has 3 heterocycles. The highest BCUT2D eigenvalue weighted by Crippen LogP contribution is 2.33. The van der Waals surface area contributed by atoms with Crippen LogP contribution >= 0.6 is 11.8 Å². The summed E-state index contributed by atoms with van der Waals surface area (Å²) >= 11 is 1.63. The Labute approximate surface area is 188 Å². The van der Waals surface area contributed by atoms with Crippen molar-refractivity contribution in [3.63, 3.8) is 0 Å². The largest absolute Gasteiger partial charge is 0.379 e. The number of morpholine rings is 1. The predicted molar refractivity (Wildman–Crippen MR) is 122 cm³/mol. The first kappa shape index (κ1) is 22.0. The molecule has 1 amide bonds. The van der Waals surface area contributed by atoms with Crippen LogP contribution in [0.5, 0.6) is 0 Å². The molecule has 7 nitrogen and oxygen atoms in total. The molecular weight excluding hydrogens is 410 g/mol. The van der Waals surface area contributed by atoms with E-state index in [9.17, 15) is 4.79 Å². The summed E-state index contributed by atoms with van der Waals surface area (Å²) in [7, 11) is 0. The Morgan fingerprint density at radius 2 is 1.81 bits per heavy atom. The second-order valence-corrected chi connectivity index (χ2v) is 9.02. The number of ether oxygens (including phenoxy) is 1. The van der Waals surface area contributed by atoms with Crippen LogP contribution in [-0.2, 0) is 9.53 Å². The summed E-state index contributed by atoms with van der Waals surface area (Å²) < 4.78 is 5.38. The summed E-state index contributed by atoms with van der Waals surface area (Å²) in [6, 6.07) is 10.2. The summed E-state index contributed by atoms with van der Waals surface area (Å²) in [6.07, 6.45) is 6.18. The van der Waals surface area contributed by atoms with Crippen molar-refractivity contribution in [2.75, 3.05) is 57.4 Å². The van der Waals surface area contributed by atoms with Gasteiger partial charge in [-0.05, 0) is 37.9 Å². The van der Waals surface area contributed by atoms with Gasteiger partial charge in [0.05, 0.1) is 13.2 Å². The van der Waals surface area contributed by atoms with E-state index < -0.39 is 0 Å². The standard InChI is InChI=1S/C23H31N5O2S/c29-22(25-9-4-12-27-15-17-30-18-16-27)19-7-13-28(14-8-19)21-23(26-11-10-24-21)31-20-5-2-1-3-6-20/h1-3,5-6,10-11,19H,4,7-9,12-18H2,(H,25,29). The van der Waals surface area contributed by atoms with Crippen molar-refractivity contribution < 1.29 is 9.53 Å². The monoisotopic (exact) mass is 441 g/mol. The summed E-state index contributed by atoms with van der Waals surface area (Å²) in [5.74, 6) is 1.20. The minimum Gasteiger partial charge on any atom is -0.379 e. The van der Waals surface area contributed by atoms with E-state index in [2.05, 4.69) is 37.2 Å². The molecule has 0 atom stereocenters. The van der Waals surface area contributed by atoms with E-state index in [0.717, 1.165) is 87.5 Å². The predicted octanol–water partition coefficient (Wildman–Crippen LogP) is 2.68. The fourth-order valence-corrected chi connectivity index (χ4v) is 4.95. The molecule has 31 heavy (non-hydrogen) atoms. The van der Waals surface area contributed by atoms with Gasteiger partial charge in [0.2, 0.25) is 5.91 Å². The van der Waals surface area contributed by atoms with Gasteiger partial charge in [-0.2, -0.15) is 0 Å². The molecule has 1 aromatic carbocycles. The maximum atomic E-state index is 12.6. The minimum absolute atomic E-state index is 0.0848. The number of aromatic nitrogens is 2. The lowest BCUT2D eigenvalue weighted by Gasteiger charge is -2.32. The van der Waals surface area contributed by atoms with Gasteiger partial charge in [0.25, 0.3) is 0 Å². The van der Waals surface area contributed by atoms with Gasteiger partial charge in [-0.3, -0.25) is 9.69 Å². The molecule has 8 heteroatoms. The highest BCUT2D eigenvalue weighted by molar-refractivity contribution is 7.99. The van der Waals surface area contributed by atoms with E-state index in [1.54, 1.807) is 24.2 Å². The number of amides is 1. The Bertz CT molecular complexity index is 824. The smallest absolute Gasteiger partial charge is 0.223 e. The number of hydrogen-bond donors (Lipinski definition) is 1. The van der Waals surface area contributed by atoms with Crippen molar-refractivity contribution in [1.29, 1.82) is 0 Å². The Morgan fingerprint density at radius 3 is 2.58 bits per heavy atom. The van der Waals surface area contributed by atoms with Gasteiger partial charge in [-0.1, -0.05) is 30.0 Å². The lowest BCUT2D eigenvalue weighted by Crippen LogP contribution is -2.42. The third-order valence-corrected chi connectivity index (χ3v) is 6.81. The number of nitrogens with one attached hydrogen (secondary N) is 1. The van der Waals surface area contributed by atoms with Crippen LogP contribution in [0.1, 0.15) is 19.3 Å². The number of carbonyl (C=O) groups excluding carboxylic acids is 1. The fraction of sp³-hybridized carbons (Fsp3) is 0.522. The lowest BCUT2D eigenvalue weighted by molar-refractivity contribution is -0.125. The maximum absolute atomic E-state index is 12.6. The second-order valence-electron chi connectivity index (χ2n) is 7.96. The zero-order valence-corrected chi connectivity index (χ0v) is 18.7. The van der Waals surface area contributed by atoms with Gasteiger partial charge in [0, 0.05) is 55.9 Å². The van der Waals surface area contributed by atoms with Crippen LogP contribution in [0.15, 0.2) is 52.6 Å². The number of hydrogen-bond acceptors (Lipinski definition) is 7. The van der Waals surface area contributed by atoms with Crippen LogP contribution in [0.3, 0.4) is 0 Å². The summed E-state index contributed by atoms with van der Waals surface area (Å²) in [4.78, 5) is 27.6. The van der Waals surface area contributed by atoms with Crippen LogP contribution in [0.4, 0.5) is 5.82 Å². The maximum Gasteiger partial charge on any atom is 0.223 e. The molecule has 0 aliphatic carbocycles. The van der Waals surface area contributed by atoms with E-state index in [4.69, 9.17) is 4.74 Å². The molecule has 166 valence electrons. The molecule has 2 aliphatic heterocycles. The van der Waals surface area contributed by atoms with Gasteiger partial charge in [-0.15, -0.1) is 0 Å². The Balaban J connectivity index is 1.23. The molecule has 1 N–H and O–H groups in total. The third-order valence-electron chi connectivity index (χ3n) is 5.82. The molecule has 2 saturated heterocycles. The minimum atomic E-state index is 0.0848. The normalized spacial score (nSPS) is 18.1. The van der Waals surface area contributed by atoms with Gasteiger partial charge in [-0.25, -0.2) is 9.97 Å². The van der Waals surface area contributed by atoms with Crippen molar-refractivity contribution >= 4 is 23.5 Å². The zero-order valence-electron chi connectivity index (χ0n) is 17.9. The van der Waals surface area contributed by atoms with Crippen LogP contribution < -0.4 is 10.2 Å². The van der Waals surface area contributed by atoms with Gasteiger partial charge >= 0.3 is 0 Å². The highest BCUT2D eigenvalue weighted by Gasteiger charge is 2.27. The summed E-state index contributed by atoms with van der Waals surface area (Å²) in [6.45, 7) is 7.07. The lowest BCUT2D eigenvalue weighted by atomic mass is 9.96. The van der Waals surface area contributed by atoms with Crippen LogP contribution in [-0.4, -0.2) is 73.3 Å². The Hall–Kier alpha value is -2.16. The first-order valence-electron chi connectivity index (χ1n) is 11.2. The zero-order chi connectivity index (χ0) is 21.3. The van der Waals surface area contributed by atoms with Crippen molar-refractivity contribution in [2.24, 2.45) is 5.92 Å². The molecule has 0 spiro atoms. The van der Waals surface area contributed by atoms with E-state index in [1.165, 1.54) is 0 Å². The topological polar surface area (TPSA) is 70.6 Å². The third kappa shape index (κ3) is 6.41. The van der Waals surface area contributed by atoms with Gasteiger partial charge in [0.15, 0.2) is 5.82 Å². The van der Waals surface area contributed by atoms with Gasteiger partial charge < -0.3 is 15.0 Å². The Morgan fingerprint density at radius 1 is 1.06 bits per heavy atom. The molecule has 2 aromatic rings. The molecule has 1 aromatic heterocycles. The molecule has 2 aliphatic rings. The molecule has 0 radical (unpaired) electrons. The van der Waals surface area contributed by atoms with Crippen LogP contribution in [0.25, 0.3) is 0 Å². The molecular formula is C23H31N5O2S. The highest BCUT2D eigenvalue weighted by atomic mass is 32.2. The van der Waals surface area contributed by atoms with E-state index in [1.807, 2.05) is 18.2 Å². The van der Waals surface area contributed by atoms with Crippen molar-refractivity contribution in [2.45, 2.75) is 29.2 Å². The van der Waals surface area contributed by atoms with Crippen LogP contribution in [0.2, 0.25) is 0 Å².